The molecule has 3 N–H and O–H groups in total. The highest BCUT2D eigenvalue weighted by Crippen LogP contribution is 2.30. The van der Waals surface area contributed by atoms with E-state index in [1.54, 1.807) is 0 Å². The van der Waals surface area contributed by atoms with E-state index >= 15 is 0 Å². The van der Waals surface area contributed by atoms with Crippen LogP contribution in [-0.4, -0.2) is 15.2 Å². The van der Waals surface area contributed by atoms with Crippen molar-refractivity contribution in [1.82, 2.24) is 4.98 Å². The first-order valence-corrected chi connectivity index (χ1v) is 6.54. The van der Waals surface area contributed by atoms with Crippen LogP contribution in [0, 0.1) is 0 Å². The minimum Gasteiger partial charge on any atom is -0.508 e. The van der Waals surface area contributed by atoms with Gasteiger partial charge in [-0.05, 0) is 16.8 Å². The van der Waals surface area contributed by atoms with Gasteiger partial charge in [0.2, 0.25) is 5.43 Å². The highest BCUT2D eigenvalue weighted by Gasteiger charge is 2.12. The molecule has 4 heteroatoms. The van der Waals surface area contributed by atoms with Crippen LogP contribution in [-0.2, 0) is 0 Å². The van der Waals surface area contributed by atoms with Gasteiger partial charge in [-0.3, -0.25) is 4.79 Å². The van der Waals surface area contributed by atoms with Gasteiger partial charge >= 0.3 is 0 Å². The third-order valence-corrected chi connectivity index (χ3v) is 3.75. The number of aromatic hydroxyl groups is 2. The smallest absolute Gasteiger partial charge is 0.201 e. The Hall–Kier alpha value is -3.01. The van der Waals surface area contributed by atoms with Crippen LogP contribution in [0.1, 0.15) is 0 Å². The number of aromatic nitrogens is 1. The lowest BCUT2D eigenvalue weighted by Crippen LogP contribution is -2.05. The molecule has 0 unspecified atom stereocenters. The van der Waals surface area contributed by atoms with Crippen molar-refractivity contribution in [3.8, 4) is 11.5 Å². The number of aromatic amines is 1. The zero-order valence-corrected chi connectivity index (χ0v) is 10.9. The predicted molar refractivity (Wildman–Crippen MR) is 82.9 cm³/mol. The van der Waals surface area contributed by atoms with Gasteiger partial charge in [-0.2, -0.15) is 0 Å². The summed E-state index contributed by atoms with van der Waals surface area (Å²) in [5, 5.41) is 22.1. The van der Waals surface area contributed by atoms with E-state index in [0.717, 1.165) is 10.8 Å². The Kier molecular flexibility index (Phi) is 2.24. The van der Waals surface area contributed by atoms with Crippen LogP contribution >= 0.6 is 0 Å². The Morgan fingerprint density at radius 2 is 1.67 bits per heavy atom. The number of fused-ring (bicyclic) bond motifs is 4. The molecule has 4 aromatic rings. The maximum absolute atomic E-state index is 12.8. The SMILES string of the molecule is O=c1c2c(O)cc(O)cc2[nH]c2ccc3ccccc3c12. The van der Waals surface area contributed by atoms with Gasteiger partial charge < -0.3 is 15.2 Å². The van der Waals surface area contributed by atoms with Crippen LogP contribution in [0.25, 0.3) is 32.6 Å². The van der Waals surface area contributed by atoms with E-state index in [9.17, 15) is 15.0 Å². The van der Waals surface area contributed by atoms with Crippen LogP contribution in [0.3, 0.4) is 0 Å². The highest BCUT2D eigenvalue weighted by molar-refractivity contribution is 6.10. The molecule has 1 heterocycles. The number of hydrogen-bond acceptors (Lipinski definition) is 3. The van der Waals surface area contributed by atoms with Gasteiger partial charge in [0.1, 0.15) is 11.5 Å². The fraction of sp³-hybridized carbons (Fsp3) is 0. The molecule has 0 radical (unpaired) electrons. The number of phenols is 2. The lowest BCUT2D eigenvalue weighted by atomic mass is 10.0. The topological polar surface area (TPSA) is 73.3 Å². The maximum atomic E-state index is 12.8. The van der Waals surface area contributed by atoms with Crippen molar-refractivity contribution in [1.29, 1.82) is 0 Å². The summed E-state index contributed by atoms with van der Waals surface area (Å²) in [5.41, 5.74) is 0.851. The molecule has 0 saturated heterocycles. The molecule has 0 spiro atoms. The first-order valence-electron chi connectivity index (χ1n) is 6.54. The minimum atomic E-state index is -0.243. The summed E-state index contributed by atoms with van der Waals surface area (Å²) in [5.74, 6) is -0.308. The predicted octanol–water partition coefficient (Wildman–Crippen LogP) is 3.25. The fourth-order valence-corrected chi connectivity index (χ4v) is 2.84. The van der Waals surface area contributed by atoms with E-state index in [1.165, 1.54) is 12.1 Å². The van der Waals surface area contributed by atoms with Gasteiger partial charge in [0.05, 0.1) is 21.8 Å². The van der Waals surface area contributed by atoms with E-state index < -0.39 is 0 Å². The molecular formula is C17H11NO3. The Bertz CT molecular complexity index is 1080. The Morgan fingerprint density at radius 3 is 2.52 bits per heavy atom. The average molecular weight is 277 g/mol. The van der Waals surface area contributed by atoms with Crippen LogP contribution in [0.5, 0.6) is 11.5 Å². The van der Waals surface area contributed by atoms with E-state index in [2.05, 4.69) is 4.98 Å². The van der Waals surface area contributed by atoms with Gasteiger partial charge in [-0.15, -0.1) is 0 Å². The molecule has 0 aliphatic heterocycles. The van der Waals surface area contributed by atoms with Gasteiger partial charge in [-0.25, -0.2) is 0 Å². The number of benzene rings is 3. The molecule has 0 aliphatic carbocycles. The third-order valence-electron chi connectivity index (χ3n) is 3.75. The van der Waals surface area contributed by atoms with Crippen LogP contribution in [0.15, 0.2) is 53.3 Å². The van der Waals surface area contributed by atoms with Crippen molar-refractivity contribution in [2.75, 3.05) is 0 Å². The Balaban J connectivity index is 2.35. The van der Waals surface area contributed by atoms with Crippen molar-refractivity contribution in [2.24, 2.45) is 0 Å². The number of H-pyrrole nitrogens is 1. The van der Waals surface area contributed by atoms with E-state index in [0.29, 0.717) is 16.4 Å². The Morgan fingerprint density at radius 1 is 0.857 bits per heavy atom. The monoisotopic (exact) mass is 277 g/mol. The molecule has 4 nitrogen and oxygen atoms in total. The molecule has 3 aromatic carbocycles. The van der Waals surface area contributed by atoms with Gasteiger partial charge in [-0.1, -0.05) is 30.3 Å². The molecule has 0 atom stereocenters. The number of phenolic OH excluding ortho intramolecular Hbond substituents is 2. The zero-order chi connectivity index (χ0) is 14.6. The normalized spacial score (nSPS) is 11.4. The molecule has 0 saturated carbocycles. The standard InChI is InChI=1S/C17H11NO3/c19-10-7-13-16(14(20)8-10)17(21)15-11-4-2-1-3-9(11)5-6-12(15)18-13/h1-8,19-20H,(H,18,21). The first-order chi connectivity index (χ1) is 10.1. The second kappa shape index (κ2) is 3.99. The average Bonchev–Trinajstić information content (AvgIpc) is 2.45. The van der Waals surface area contributed by atoms with Gasteiger partial charge in [0, 0.05) is 12.1 Å². The lowest BCUT2D eigenvalue weighted by molar-refractivity contribution is 0.455. The summed E-state index contributed by atoms with van der Waals surface area (Å²) in [4.78, 5) is 15.9. The molecule has 0 bridgehead atoms. The van der Waals surface area contributed by atoms with Crippen LogP contribution in [0.4, 0.5) is 0 Å². The summed E-state index contributed by atoms with van der Waals surface area (Å²) in [6.07, 6.45) is 0. The third kappa shape index (κ3) is 1.59. The van der Waals surface area contributed by atoms with E-state index in [1.807, 2.05) is 36.4 Å². The van der Waals surface area contributed by atoms with Crippen LogP contribution in [0.2, 0.25) is 0 Å². The molecule has 0 amide bonds. The lowest BCUT2D eigenvalue weighted by Gasteiger charge is -2.07. The summed E-state index contributed by atoms with van der Waals surface area (Å²) < 4.78 is 0. The summed E-state index contributed by atoms with van der Waals surface area (Å²) >= 11 is 0. The second-order valence-corrected chi connectivity index (χ2v) is 5.05. The zero-order valence-electron chi connectivity index (χ0n) is 10.9. The number of rotatable bonds is 0. The highest BCUT2D eigenvalue weighted by atomic mass is 16.3. The van der Waals surface area contributed by atoms with E-state index in [4.69, 9.17) is 0 Å². The van der Waals surface area contributed by atoms with Crippen molar-refractivity contribution >= 4 is 32.6 Å². The van der Waals surface area contributed by atoms with Crippen molar-refractivity contribution < 1.29 is 10.2 Å². The largest absolute Gasteiger partial charge is 0.508 e. The Labute approximate surface area is 118 Å². The molecule has 1 aromatic heterocycles. The van der Waals surface area contributed by atoms with Crippen LogP contribution < -0.4 is 5.43 Å². The van der Waals surface area contributed by atoms with Crippen molar-refractivity contribution in [3.05, 3.63) is 58.8 Å². The first kappa shape index (κ1) is 11.8. The second-order valence-electron chi connectivity index (χ2n) is 5.05. The number of nitrogens with one attached hydrogen (secondary N) is 1. The molecular weight excluding hydrogens is 266 g/mol. The van der Waals surface area contributed by atoms with E-state index in [-0.39, 0.29) is 22.3 Å². The minimum absolute atomic E-state index is 0.0872. The quantitative estimate of drug-likeness (QED) is 0.341. The van der Waals surface area contributed by atoms with Gasteiger partial charge in [0.15, 0.2) is 0 Å². The summed E-state index contributed by atoms with van der Waals surface area (Å²) in [6.45, 7) is 0. The fourth-order valence-electron chi connectivity index (χ4n) is 2.84. The number of pyridine rings is 1. The summed E-state index contributed by atoms with van der Waals surface area (Å²) in [6, 6.07) is 14.0. The number of hydrogen-bond donors (Lipinski definition) is 3. The molecule has 21 heavy (non-hydrogen) atoms. The van der Waals surface area contributed by atoms with Crippen molar-refractivity contribution in [2.45, 2.75) is 0 Å². The van der Waals surface area contributed by atoms with Crippen molar-refractivity contribution in [3.63, 3.8) is 0 Å². The van der Waals surface area contributed by atoms with Gasteiger partial charge in [0.25, 0.3) is 0 Å². The molecule has 0 aliphatic rings. The molecule has 102 valence electrons. The molecule has 0 fully saturated rings. The molecule has 4 rings (SSSR count). The maximum Gasteiger partial charge on any atom is 0.201 e. The summed E-state index contributed by atoms with van der Waals surface area (Å²) in [7, 11) is 0.